The van der Waals surface area contributed by atoms with Gasteiger partial charge in [0.25, 0.3) is 5.89 Å². The van der Waals surface area contributed by atoms with E-state index in [9.17, 15) is 0 Å². The van der Waals surface area contributed by atoms with Crippen molar-refractivity contribution in [3.8, 4) is 11.5 Å². The Bertz CT molecular complexity index is 557. The molecule has 108 valence electrons. The van der Waals surface area contributed by atoms with Gasteiger partial charge in [0.1, 0.15) is 0 Å². The third kappa shape index (κ3) is 3.59. The first-order chi connectivity index (χ1) is 9.61. The zero-order valence-corrected chi connectivity index (χ0v) is 12.7. The van der Waals surface area contributed by atoms with E-state index in [0.29, 0.717) is 18.3 Å². The fraction of sp³-hybridized carbons (Fsp3) is 0.429. The van der Waals surface area contributed by atoms with Gasteiger partial charge in [-0.05, 0) is 32.2 Å². The topological polar surface area (TPSA) is 74.2 Å². The first kappa shape index (κ1) is 15.0. The highest BCUT2D eigenvalue weighted by Crippen LogP contribution is 2.29. The molecule has 0 aliphatic rings. The third-order valence-electron chi connectivity index (χ3n) is 2.72. The molecule has 5 nitrogen and oxygen atoms in total. The Kier molecular flexibility index (Phi) is 5.17. The average Bonchev–Trinajstić information content (AvgIpc) is 2.94. The lowest BCUT2D eigenvalue weighted by Crippen LogP contribution is -2.20. The Balaban J connectivity index is 2.16. The molecule has 1 unspecified atom stereocenters. The fourth-order valence-electron chi connectivity index (χ4n) is 1.69. The molecule has 2 N–H and O–H groups in total. The second-order valence-electron chi connectivity index (χ2n) is 4.65. The highest BCUT2D eigenvalue weighted by atomic mass is 32.2. The molecule has 1 heterocycles. The summed E-state index contributed by atoms with van der Waals surface area (Å²) in [6.07, 6.45) is 2.14. The maximum atomic E-state index is 5.99. The normalized spacial score (nSPS) is 12.8. The number of hydrogen-bond donors (Lipinski definition) is 1. The van der Waals surface area contributed by atoms with Gasteiger partial charge in [-0.15, -0.1) is 11.8 Å². The van der Waals surface area contributed by atoms with Crippen LogP contribution in [-0.2, 0) is 4.74 Å². The summed E-state index contributed by atoms with van der Waals surface area (Å²) in [7, 11) is 0. The Morgan fingerprint density at radius 2 is 2.10 bits per heavy atom. The Morgan fingerprint density at radius 3 is 2.80 bits per heavy atom. The number of nitrogens with zero attached hydrogens (tertiary/aromatic N) is 2. The van der Waals surface area contributed by atoms with E-state index < -0.39 is 0 Å². The van der Waals surface area contributed by atoms with Gasteiger partial charge in [-0.1, -0.05) is 17.3 Å². The van der Waals surface area contributed by atoms with Gasteiger partial charge >= 0.3 is 0 Å². The fourth-order valence-corrected chi connectivity index (χ4v) is 2.28. The van der Waals surface area contributed by atoms with Crippen LogP contribution in [-0.4, -0.2) is 29.1 Å². The number of hydrogen-bond acceptors (Lipinski definition) is 6. The summed E-state index contributed by atoms with van der Waals surface area (Å²) in [5.41, 5.74) is 6.92. The molecule has 0 bridgehead atoms. The molecule has 1 atom stereocenters. The molecule has 2 rings (SSSR count). The number of thioether (sulfide) groups is 1. The lowest BCUT2D eigenvalue weighted by Gasteiger charge is -2.10. The van der Waals surface area contributed by atoms with Crippen molar-refractivity contribution in [1.82, 2.24) is 10.1 Å². The van der Waals surface area contributed by atoms with E-state index in [0.717, 1.165) is 10.5 Å². The molecular weight excluding hydrogens is 274 g/mol. The van der Waals surface area contributed by atoms with Crippen molar-refractivity contribution < 1.29 is 9.26 Å². The van der Waals surface area contributed by atoms with Crippen molar-refractivity contribution in [2.24, 2.45) is 5.73 Å². The lowest BCUT2D eigenvalue weighted by molar-refractivity contribution is 0.0665. The molecular formula is C14H19N3O2S. The third-order valence-corrected chi connectivity index (χ3v) is 3.52. The van der Waals surface area contributed by atoms with Gasteiger partial charge in [-0.2, -0.15) is 4.98 Å². The molecule has 1 aromatic heterocycles. The van der Waals surface area contributed by atoms with Crippen molar-refractivity contribution in [2.45, 2.75) is 30.9 Å². The number of benzene rings is 1. The van der Waals surface area contributed by atoms with Crippen LogP contribution >= 0.6 is 11.8 Å². The number of rotatable bonds is 6. The van der Waals surface area contributed by atoms with Crippen molar-refractivity contribution >= 4 is 11.8 Å². The zero-order chi connectivity index (χ0) is 14.5. The van der Waals surface area contributed by atoms with Crippen LogP contribution in [0.3, 0.4) is 0 Å². The summed E-state index contributed by atoms with van der Waals surface area (Å²) < 4.78 is 10.8. The molecule has 1 aromatic carbocycles. The van der Waals surface area contributed by atoms with Gasteiger partial charge in [0.05, 0.1) is 24.3 Å². The molecule has 20 heavy (non-hydrogen) atoms. The van der Waals surface area contributed by atoms with Gasteiger partial charge in [0.2, 0.25) is 0 Å². The first-order valence-electron chi connectivity index (χ1n) is 6.46. The molecule has 0 radical (unpaired) electrons. The van der Waals surface area contributed by atoms with Crippen LogP contribution in [0.15, 0.2) is 33.7 Å². The smallest absolute Gasteiger partial charge is 0.259 e. The van der Waals surface area contributed by atoms with Crippen LogP contribution in [0.25, 0.3) is 11.5 Å². The van der Waals surface area contributed by atoms with Crippen LogP contribution in [0.5, 0.6) is 0 Å². The van der Waals surface area contributed by atoms with Gasteiger partial charge in [0, 0.05) is 4.90 Å². The standard InChI is InChI=1S/C14H19N3O2S/c1-9(2)18-8-11(15)13-16-14(19-17-13)10-6-4-5-7-12(10)20-3/h4-7,9,11H,8,15H2,1-3H3. The van der Waals surface area contributed by atoms with Crippen molar-refractivity contribution in [2.75, 3.05) is 12.9 Å². The molecule has 6 heteroatoms. The van der Waals surface area contributed by atoms with Crippen molar-refractivity contribution in [3.05, 3.63) is 30.1 Å². The minimum Gasteiger partial charge on any atom is -0.377 e. The summed E-state index contributed by atoms with van der Waals surface area (Å²) >= 11 is 1.64. The van der Waals surface area contributed by atoms with Crippen LogP contribution in [0.1, 0.15) is 25.7 Å². The Hall–Kier alpha value is -1.37. The van der Waals surface area contributed by atoms with Crippen LogP contribution < -0.4 is 5.73 Å². The molecule has 0 saturated carbocycles. The quantitative estimate of drug-likeness (QED) is 0.825. The van der Waals surface area contributed by atoms with E-state index in [1.165, 1.54) is 0 Å². The molecule has 0 saturated heterocycles. The van der Waals surface area contributed by atoms with E-state index in [1.54, 1.807) is 11.8 Å². The molecule has 0 aliphatic carbocycles. The summed E-state index contributed by atoms with van der Waals surface area (Å²) in [5, 5.41) is 3.95. The highest BCUT2D eigenvalue weighted by molar-refractivity contribution is 7.98. The molecule has 0 amide bonds. The average molecular weight is 293 g/mol. The monoisotopic (exact) mass is 293 g/mol. The molecule has 2 aromatic rings. The number of nitrogens with two attached hydrogens (primary N) is 1. The first-order valence-corrected chi connectivity index (χ1v) is 7.68. The van der Waals surface area contributed by atoms with Gasteiger partial charge in [-0.3, -0.25) is 0 Å². The van der Waals surface area contributed by atoms with Crippen molar-refractivity contribution in [1.29, 1.82) is 0 Å². The molecule has 0 spiro atoms. The van der Waals surface area contributed by atoms with Crippen molar-refractivity contribution in [3.63, 3.8) is 0 Å². The number of aromatic nitrogens is 2. The second kappa shape index (κ2) is 6.88. The summed E-state index contributed by atoms with van der Waals surface area (Å²) in [6, 6.07) is 7.52. The minimum absolute atomic E-state index is 0.129. The maximum absolute atomic E-state index is 5.99. The Labute approximate surface area is 122 Å². The van der Waals surface area contributed by atoms with Crippen LogP contribution in [0.4, 0.5) is 0 Å². The predicted octanol–water partition coefficient (Wildman–Crippen LogP) is 2.88. The lowest BCUT2D eigenvalue weighted by atomic mass is 10.2. The molecule has 0 fully saturated rings. The second-order valence-corrected chi connectivity index (χ2v) is 5.49. The summed E-state index contributed by atoms with van der Waals surface area (Å²) in [6.45, 7) is 4.30. The van der Waals surface area contributed by atoms with E-state index >= 15 is 0 Å². The van der Waals surface area contributed by atoms with Crippen LogP contribution in [0.2, 0.25) is 0 Å². The van der Waals surface area contributed by atoms with E-state index in [2.05, 4.69) is 10.1 Å². The minimum atomic E-state index is -0.378. The van der Waals surface area contributed by atoms with Gasteiger partial charge < -0.3 is 15.0 Å². The maximum Gasteiger partial charge on any atom is 0.259 e. The van der Waals surface area contributed by atoms with E-state index in [4.69, 9.17) is 15.0 Å². The van der Waals surface area contributed by atoms with Gasteiger partial charge in [-0.25, -0.2) is 0 Å². The summed E-state index contributed by atoms with van der Waals surface area (Å²) in [5.74, 6) is 0.960. The number of ether oxygens (including phenoxy) is 1. The largest absolute Gasteiger partial charge is 0.377 e. The predicted molar refractivity (Wildman–Crippen MR) is 79.5 cm³/mol. The molecule has 0 aliphatic heterocycles. The zero-order valence-electron chi connectivity index (χ0n) is 11.9. The van der Waals surface area contributed by atoms with Gasteiger partial charge in [0.15, 0.2) is 5.82 Å². The summed E-state index contributed by atoms with van der Waals surface area (Å²) in [4.78, 5) is 5.46. The highest BCUT2D eigenvalue weighted by Gasteiger charge is 2.17. The Morgan fingerprint density at radius 1 is 1.35 bits per heavy atom. The van der Waals surface area contributed by atoms with E-state index in [1.807, 2.05) is 44.4 Å². The van der Waals surface area contributed by atoms with E-state index in [-0.39, 0.29) is 12.1 Å². The SMILES string of the molecule is CSc1ccccc1-c1nc(C(N)COC(C)C)no1. The van der Waals surface area contributed by atoms with Crippen LogP contribution in [0, 0.1) is 0 Å².